The van der Waals surface area contributed by atoms with E-state index in [9.17, 15) is 9.59 Å². The molecule has 0 aromatic heterocycles. The second kappa shape index (κ2) is 6.75. The standard InChI is InChI=1S/C13H24N2O4/c1-13(2,3)15(8-11(16)17)12(18)14-6-7-19-9-10-4-5-10/h10H,4-9H2,1-3H3,(H,14,18)(H,16,17). The number of amides is 2. The third kappa shape index (κ3) is 6.42. The molecular weight excluding hydrogens is 248 g/mol. The zero-order valence-electron chi connectivity index (χ0n) is 11.9. The summed E-state index contributed by atoms with van der Waals surface area (Å²) in [6.45, 7) is 6.73. The molecule has 110 valence electrons. The van der Waals surface area contributed by atoms with E-state index in [-0.39, 0.29) is 12.6 Å². The molecule has 1 saturated carbocycles. The van der Waals surface area contributed by atoms with Crippen molar-refractivity contribution in [3.63, 3.8) is 0 Å². The molecule has 0 heterocycles. The van der Waals surface area contributed by atoms with E-state index in [4.69, 9.17) is 9.84 Å². The number of aliphatic carboxylic acids is 1. The number of hydrogen-bond acceptors (Lipinski definition) is 3. The molecule has 0 radical (unpaired) electrons. The summed E-state index contributed by atoms with van der Waals surface area (Å²) in [5.74, 6) is -0.316. The second-order valence-corrected chi connectivity index (χ2v) is 5.90. The largest absolute Gasteiger partial charge is 0.480 e. The van der Waals surface area contributed by atoms with Crippen molar-refractivity contribution in [3.8, 4) is 0 Å². The van der Waals surface area contributed by atoms with Crippen molar-refractivity contribution in [2.24, 2.45) is 5.92 Å². The summed E-state index contributed by atoms with van der Waals surface area (Å²) < 4.78 is 5.40. The third-order valence-electron chi connectivity index (χ3n) is 2.92. The Balaban J connectivity index is 2.27. The van der Waals surface area contributed by atoms with Crippen LogP contribution in [-0.2, 0) is 9.53 Å². The summed E-state index contributed by atoms with van der Waals surface area (Å²) in [4.78, 5) is 24.0. The molecule has 0 atom stereocenters. The Hall–Kier alpha value is -1.30. The van der Waals surface area contributed by atoms with Crippen LogP contribution in [0.1, 0.15) is 33.6 Å². The normalized spacial score (nSPS) is 15.1. The number of rotatable bonds is 7. The summed E-state index contributed by atoms with van der Waals surface area (Å²) in [5, 5.41) is 11.5. The van der Waals surface area contributed by atoms with Crippen LogP contribution in [0.5, 0.6) is 0 Å². The lowest BCUT2D eigenvalue weighted by Gasteiger charge is -2.34. The van der Waals surface area contributed by atoms with E-state index in [0.29, 0.717) is 19.1 Å². The van der Waals surface area contributed by atoms with E-state index in [2.05, 4.69) is 5.32 Å². The molecule has 0 saturated heterocycles. The van der Waals surface area contributed by atoms with Gasteiger partial charge in [0.05, 0.1) is 6.61 Å². The number of nitrogens with zero attached hydrogens (tertiary/aromatic N) is 1. The first kappa shape index (κ1) is 15.8. The fourth-order valence-electron chi connectivity index (χ4n) is 1.61. The van der Waals surface area contributed by atoms with Gasteiger partial charge in [-0.1, -0.05) is 0 Å². The summed E-state index contributed by atoms with van der Waals surface area (Å²) in [5.41, 5.74) is -0.530. The Kier molecular flexibility index (Phi) is 5.60. The Bertz CT molecular complexity index is 321. The highest BCUT2D eigenvalue weighted by Gasteiger charge is 2.28. The number of carbonyl (C=O) groups is 2. The predicted octanol–water partition coefficient (Wildman–Crippen LogP) is 1.31. The first-order valence-electron chi connectivity index (χ1n) is 6.65. The lowest BCUT2D eigenvalue weighted by atomic mass is 10.1. The van der Waals surface area contributed by atoms with E-state index in [1.165, 1.54) is 17.7 Å². The van der Waals surface area contributed by atoms with Crippen molar-refractivity contribution in [2.45, 2.75) is 39.2 Å². The highest BCUT2D eigenvalue weighted by molar-refractivity contribution is 5.80. The van der Waals surface area contributed by atoms with E-state index >= 15 is 0 Å². The van der Waals surface area contributed by atoms with Crippen LogP contribution in [0, 0.1) is 5.92 Å². The monoisotopic (exact) mass is 272 g/mol. The van der Waals surface area contributed by atoms with Crippen molar-refractivity contribution in [1.29, 1.82) is 0 Å². The quantitative estimate of drug-likeness (QED) is 0.685. The average Bonchev–Trinajstić information content (AvgIpc) is 3.07. The van der Waals surface area contributed by atoms with Crippen LogP contribution < -0.4 is 5.32 Å². The maximum Gasteiger partial charge on any atom is 0.323 e. The van der Waals surface area contributed by atoms with Gasteiger partial charge in [0.25, 0.3) is 0 Å². The van der Waals surface area contributed by atoms with E-state index in [1.807, 2.05) is 0 Å². The lowest BCUT2D eigenvalue weighted by molar-refractivity contribution is -0.138. The second-order valence-electron chi connectivity index (χ2n) is 5.90. The number of carbonyl (C=O) groups excluding carboxylic acids is 1. The van der Waals surface area contributed by atoms with Gasteiger partial charge in [0, 0.05) is 18.7 Å². The molecule has 0 aliphatic heterocycles. The number of ether oxygens (including phenoxy) is 1. The highest BCUT2D eigenvalue weighted by Crippen LogP contribution is 2.28. The van der Waals surface area contributed by atoms with Crippen LogP contribution in [0.2, 0.25) is 0 Å². The van der Waals surface area contributed by atoms with Gasteiger partial charge in [-0.3, -0.25) is 4.79 Å². The Morgan fingerprint density at radius 2 is 2.00 bits per heavy atom. The van der Waals surface area contributed by atoms with Gasteiger partial charge < -0.3 is 20.1 Å². The minimum Gasteiger partial charge on any atom is -0.480 e. The first-order chi connectivity index (χ1) is 8.80. The molecule has 2 amide bonds. The lowest BCUT2D eigenvalue weighted by Crippen LogP contribution is -2.52. The molecule has 0 spiro atoms. The van der Waals surface area contributed by atoms with Crippen LogP contribution in [-0.4, -0.2) is 53.8 Å². The summed E-state index contributed by atoms with van der Waals surface area (Å²) in [6.07, 6.45) is 2.48. The molecule has 1 fully saturated rings. The summed E-state index contributed by atoms with van der Waals surface area (Å²) >= 11 is 0. The zero-order chi connectivity index (χ0) is 14.5. The van der Waals surface area contributed by atoms with Gasteiger partial charge in [-0.25, -0.2) is 4.79 Å². The molecule has 0 bridgehead atoms. The highest BCUT2D eigenvalue weighted by atomic mass is 16.5. The van der Waals surface area contributed by atoms with Gasteiger partial charge in [-0.15, -0.1) is 0 Å². The summed E-state index contributed by atoms with van der Waals surface area (Å²) in [6, 6.07) is -0.370. The Morgan fingerprint density at radius 1 is 1.37 bits per heavy atom. The molecule has 1 rings (SSSR count). The minimum absolute atomic E-state index is 0.307. The van der Waals surface area contributed by atoms with Gasteiger partial charge in [0.1, 0.15) is 6.54 Å². The van der Waals surface area contributed by atoms with Crippen molar-refractivity contribution >= 4 is 12.0 Å². The molecule has 0 aromatic rings. The van der Waals surface area contributed by atoms with Crippen molar-refractivity contribution in [3.05, 3.63) is 0 Å². The molecule has 0 aromatic carbocycles. The average molecular weight is 272 g/mol. The fraction of sp³-hybridized carbons (Fsp3) is 0.846. The van der Waals surface area contributed by atoms with Gasteiger partial charge in [-0.2, -0.15) is 0 Å². The van der Waals surface area contributed by atoms with Gasteiger partial charge >= 0.3 is 12.0 Å². The predicted molar refractivity (Wildman–Crippen MR) is 71.0 cm³/mol. The SMILES string of the molecule is CC(C)(C)N(CC(=O)O)C(=O)NCCOCC1CC1. The Labute approximate surface area is 114 Å². The first-order valence-corrected chi connectivity index (χ1v) is 6.65. The van der Waals surface area contributed by atoms with Crippen LogP contribution in [0.15, 0.2) is 0 Å². The van der Waals surface area contributed by atoms with Crippen molar-refractivity contribution < 1.29 is 19.4 Å². The molecule has 2 N–H and O–H groups in total. The van der Waals surface area contributed by atoms with E-state index in [0.717, 1.165) is 6.61 Å². The molecule has 1 aliphatic carbocycles. The van der Waals surface area contributed by atoms with Crippen LogP contribution in [0.25, 0.3) is 0 Å². The van der Waals surface area contributed by atoms with Gasteiger partial charge in [0.2, 0.25) is 0 Å². The molecule has 0 unspecified atom stereocenters. The van der Waals surface area contributed by atoms with Crippen LogP contribution in [0.4, 0.5) is 4.79 Å². The van der Waals surface area contributed by atoms with Crippen LogP contribution >= 0.6 is 0 Å². The minimum atomic E-state index is -1.02. The third-order valence-corrected chi connectivity index (χ3v) is 2.92. The maximum atomic E-state index is 11.9. The molecular formula is C13H24N2O4. The topological polar surface area (TPSA) is 78.9 Å². The fourth-order valence-corrected chi connectivity index (χ4v) is 1.61. The van der Waals surface area contributed by atoms with Crippen LogP contribution in [0.3, 0.4) is 0 Å². The maximum absolute atomic E-state index is 11.9. The molecule has 19 heavy (non-hydrogen) atoms. The number of carboxylic acid groups (broad SMARTS) is 1. The van der Waals surface area contributed by atoms with Gasteiger partial charge in [0.15, 0.2) is 0 Å². The van der Waals surface area contributed by atoms with Gasteiger partial charge in [-0.05, 0) is 39.5 Å². The van der Waals surface area contributed by atoms with E-state index < -0.39 is 11.5 Å². The van der Waals surface area contributed by atoms with Crippen molar-refractivity contribution in [1.82, 2.24) is 10.2 Å². The number of hydrogen-bond donors (Lipinski definition) is 2. The molecule has 1 aliphatic rings. The number of urea groups is 1. The number of carboxylic acids is 1. The number of nitrogens with one attached hydrogen (secondary N) is 1. The molecule has 6 heteroatoms. The Morgan fingerprint density at radius 3 is 2.47 bits per heavy atom. The summed E-state index contributed by atoms with van der Waals surface area (Å²) in [7, 11) is 0. The van der Waals surface area contributed by atoms with Crippen molar-refractivity contribution in [2.75, 3.05) is 26.3 Å². The zero-order valence-corrected chi connectivity index (χ0v) is 11.9. The van der Waals surface area contributed by atoms with E-state index in [1.54, 1.807) is 20.8 Å². The smallest absolute Gasteiger partial charge is 0.323 e. The molecule has 6 nitrogen and oxygen atoms in total.